The molecule has 0 aromatic rings. The van der Waals surface area contributed by atoms with Gasteiger partial charge in [-0.05, 0) is 5.92 Å². The monoisotopic (exact) mass is 236 g/mol. The molecule has 0 amide bonds. The lowest BCUT2D eigenvalue weighted by Crippen LogP contribution is -2.16. The molecule has 0 aliphatic rings. The third-order valence-electron chi connectivity index (χ3n) is 2.36. The largest absolute Gasteiger partial charge is 0.481 e. The van der Waals surface area contributed by atoms with Crippen molar-refractivity contribution in [3.63, 3.8) is 0 Å². The Morgan fingerprint density at radius 3 is 2.27 bits per heavy atom. The van der Waals surface area contributed by atoms with E-state index in [0.29, 0.717) is 0 Å². The van der Waals surface area contributed by atoms with Crippen molar-refractivity contribution in [3.05, 3.63) is 0 Å². The summed E-state index contributed by atoms with van der Waals surface area (Å²) in [5, 5.41) is 8.65. The number of carboxylic acid groups (broad SMARTS) is 1. The van der Waals surface area contributed by atoms with E-state index in [-0.39, 0.29) is 18.2 Å². The van der Waals surface area contributed by atoms with Crippen molar-refractivity contribution in [1.29, 1.82) is 0 Å². The maximum Gasteiger partial charge on any atom is 0.306 e. The van der Waals surface area contributed by atoms with Crippen LogP contribution in [0.2, 0.25) is 0 Å². The van der Waals surface area contributed by atoms with Crippen molar-refractivity contribution < 1.29 is 19.4 Å². The summed E-state index contributed by atoms with van der Waals surface area (Å²) in [6, 6.07) is 0. The fourth-order valence-electron chi connectivity index (χ4n) is 1.65. The number of hydrogen-bond acceptors (Lipinski definition) is 2. The highest BCUT2D eigenvalue weighted by atomic mass is 31.2. The van der Waals surface area contributed by atoms with E-state index in [1.54, 1.807) is 0 Å². The quantitative estimate of drug-likeness (QED) is 0.665. The van der Waals surface area contributed by atoms with Crippen LogP contribution < -0.4 is 0 Å². The highest BCUT2D eigenvalue weighted by Crippen LogP contribution is 2.44. The number of aliphatic carboxylic acids is 1. The summed E-state index contributed by atoms with van der Waals surface area (Å²) in [5.74, 6) is -1.56. The van der Waals surface area contributed by atoms with Crippen molar-refractivity contribution in [3.8, 4) is 0 Å². The molecule has 5 heteroatoms. The summed E-state index contributed by atoms with van der Waals surface area (Å²) in [5.41, 5.74) is 0. The number of carbonyl (C=O) groups is 1. The first-order valence-electron chi connectivity index (χ1n) is 5.32. The van der Waals surface area contributed by atoms with Crippen LogP contribution in [0.5, 0.6) is 0 Å². The molecule has 0 spiro atoms. The Labute approximate surface area is 91.1 Å². The third kappa shape index (κ3) is 6.69. The van der Waals surface area contributed by atoms with Gasteiger partial charge in [0, 0.05) is 12.3 Å². The van der Waals surface area contributed by atoms with Crippen LogP contribution >= 0.6 is 7.37 Å². The topological polar surface area (TPSA) is 74.6 Å². The highest BCUT2D eigenvalue weighted by molar-refractivity contribution is 7.58. The van der Waals surface area contributed by atoms with E-state index in [2.05, 4.69) is 0 Å². The predicted molar refractivity (Wildman–Crippen MR) is 60.4 cm³/mol. The molecule has 3 unspecified atom stereocenters. The van der Waals surface area contributed by atoms with Crippen molar-refractivity contribution in [2.24, 2.45) is 11.8 Å². The van der Waals surface area contributed by atoms with Crippen LogP contribution in [0.15, 0.2) is 0 Å². The molecule has 0 fully saturated rings. The molecule has 15 heavy (non-hydrogen) atoms. The Balaban J connectivity index is 4.18. The predicted octanol–water partition coefficient (Wildman–Crippen LogP) is 2.41. The fraction of sp³-hybridized carbons (Fsp3) is 0.900. The van der Waals surface area contributed by atoms with Crippen LogP contribution in [0.25, 0.3) is 0 Å². The van der Waals surface area contributed by atoms with Crippen molar-refractivity contribution in [2.45, 2.75) is 33.6 Å². The summed E-state index contributed by atoms with van der Waals surface area (Å²) in [4.78, 5) is 20.2. The van der Waals surface area contributed by atoms with E-state index in [1.807, 2.05) is 13.8 Å². The zero-order chi connectivity index (χ0) is 12.1. The molecule has 0 saturated carbocycles. The lowest BCUT2D eigenvalue weighted by atomic mass is 10.1. The van der Waals surface area contributed by atoms with Crippen molar-refractivity contribution in [2.75, 3.05) is 12.3 Å². The van der Waals surface area contributed by atoms with Gasteiger partial charge in [0.25, 0.3) is 0 Å². The normalized spacial score (nSPS) is 19.2. The van der Waals surface area contributed by atoms with Gasteiger partial charge in [0.15, 0.2) is 0 Å². The molecule has 0 radical (unpaired) electrons. The second-order valence-electron chi connectivity index (χ2n) is 4.34. The number of hydrogen-bond donors (Lipinski definition) is 2. The second kappa shape index (κ2) is 6.29. The van der Waals surface area contributed by atoms with Crippen molar-refractivity contribution >= 4 is 13.3 Å². The van der Waals surface area contributed by atoms with Gasteiger partial charge < -0.3 is 10.00 Å². The smallest absolute Gasteiger partial charge is 0.306 e. The van der Waals surface area contributed by atoms with Crippen LogP contribution in [0.1, 0.15) is 33.6 Å². The van der Waals surface area contributed by atoms with Crippen LogP contribution in [-0.4, -0.2) is 28.3 Å². The third-order valence-corrected chi connectivity index (χ3v) is 4.67. The van der Waals surface area contributed by atoms with Gasteiger partial charge in [-0.1, -0.05) is 33.6 Å². The van der Waals surface area contributed by atoms with E-state index >= 15 is 0 Å². The molecule has 0 rings (SSSR count). The molecule has 0 aromatic heterocycles. The summed E-state index contributed by atoms with van der Waals surface area (Å²) in [6.07, 6.45) is 2.01. The van der Waals surface area contributed by atoms with Crippen LogP contribution in [0, 0.1) is 11.8 Å². The van der Waals surface area contributed by atoms with E-state index in [1.165, 1.54) is 6.92 Å². The SMILES string of the molecule is CCCC(C)CP(=O)(O)CC(C)C(=O)O. The molecule has 0 heterocycles. The maximum atomic E-state index is 11.7. The van der Waals surface area contributed by atoms with E-state index in [9.17, 15) is 14.3 Å². The van der Waals surface area contributed by atoms with Gasteiger partial charge in [0.2, 0.25) is 7.37 Å². The molecular formula is C10H21O4P. The molecule has 3 atom stereocenters. The molecule has 0 aromatic carbocycles. The fourth-order valence-corrected chi connectivity index (χ4v) is 3.97. The second-order valence-corrected chi connectivity index (χ2v) is 6.77. The summed E-state index contributed by atoms with van der Waals surface area (Å²) in [6.45, 7) is 5.42. The summed E-state index contributed by atoms with van der Waals surface area (Å²) in [7, 11) is -3.27. The average Bonchev–Trinajstić information content (AvgIpc) is 2.01. The molecule has 0 aliphatic heterocycles. The standard InChI is InChI=1S/C10H21O4P/c1-4-5-8(2)6-15(13,14)7-9(3)10(11)12/h8-9H,4-7H2,1-3H3,(H,11,12)(H,13,14). The van der Waals surface area contributed by atoms with Crippen molar-refractivity contribution in [1.82, 2.24) is 0 Å². The maximum absolute atomic E-state index is 11.7. The number of carboxylic acids is 1. The van der Waals surface area contributed by atoms with Gasteiger partial charge in [-0.3, -0.25) is 9.36 Å². The Hall–Kier alpha value is -0.340. The lowest BCUT2D eigenvalue weighted by molar-refractivity contribution is -0.140. The zero-order valence-electron chi connectivity index (χ0n) is 9.64. The number of rotatable bonds is 7. The van der Waals surface area contributed by atoms with Crippen LogP contribution in [-0.2, 0) is 9.36 Å². The minimum absolute atomic E-state index is 0.115. The van der Waals surface area contributed by atoms with Gasteiger partial charge in [-0.15, -0.1) is 0 Å². The molecule has 90 valence electrons. The van der Waals surface area contributed by atoms with E-state index < -0.39 is 19.3 Å². The Morgan fingerprint density at radius 1 is 1.33 bits per heavy atom. The highest BCUT2D eigenvalue weighted by Gasteiger charge is 2.27. The Morgan fingerprint density at radius 2 is 1.87 bits per heavy atom. The molecule has 0 aliphatic carbocycles. The zero-order valence-corrected chi connectivity index (χ0v) is 10.5. The van der Waals surface area contributed by atoms with Gasteiger partial charge >= 0.3 is 5.97 Å². The molecule has 4 nitrogen and oxygen atoms in total. The summed E-state index contributed by atoms with van der Waals surface area (Å²) < 4.78 is 11.7. The molecular weight excluding hydrogens is 215 g/mol. The Bertz CT molecular complexity index is 252. The minimum atomic E-state index is -3.27. The van der Waals surface area contributed by atoms with Gasteiger partial charge in [0.1, 0.15) is 0 Å². The first kappa shape index (κ1) is 14.7. The summed E-state index contributed by atoms with van der Waals surface area (Å²) >= 11 is 0. The molecule has 2 N–H and O–H groups in total. The lowest BCUT2D eigenvalue weighted by Gasteiger charge is -2.17. The average molecular weight is 236 g/mol. The van der Waals surface area contributed by atoms with Gasteiger partial charge in [-0.25, -0.2) is 0 Å². The van der Waals surface area contributed by atoms with E-state index in [0.717, 1.165) is 12.8 Å². The molecule has 0 saturated heterocycles. The Kier molecular flexibility index (Phi) is 6.15. The van der Waals surface area contributed by atoms with Gasteiger partial charge in [0.05, 0.1) is 5.92 Å². The van der Waals surface area contributed by atoms with Crippen LogP contribution in [0.4, 0.5) is 0 Å². The van der Waals surface area contributed by atoms with E-state index in [4.69, 9.17) is 5.11 Å². The van der Waals surface area contributed by atoms with Gasteiger partial charge in [-0.2, -0.15) is 0 Å². The minimum Gasteiger partial charge on any atom is -0.481 e. The van der Waals surface area contributed by atoms with Crippen LogP contribution in [0.3, 0.4) is 0 Å². The first-order valence-corrected chi connectivity index (χ1v) is 7.35. The molecule has 0 bridgehead atoms. The first-order chi connectivity index (χ1) is 6.78.